The molecule has 0 spiro atoms. The van der Waals surface area contributed by atoms with Crippen LogP contribution >= 0.6 is 11.6 Å². The number of piperazine rings is 1. The number of rotatable bonds is 4. The standard InChI is InChI=1S/C14H18ClN3O2/c1-20-13-9-10(8-11(15)14(13)19)12(2-3-16)18-6-4-17-5-7-18/h8-9,12,17,19H,2,4-7H2,1H3/t12-/m0/s1. The van der Waals surface area contributed by atoms with Gasteiger partial charge in [-0.05, 0) is 17.7 Å². The first-order valence-electron chi connectivity index (χ1n) is 6.55. The van der Waals surface area contributed by atoms with E-state index < -0.39 is 0 Å². The summed E-state index contributed by atoms with van der Waals surface area (Å²) in [6.07, 6.45) is 0.379. The molecule has 108 valence electrons. The van der Waals surface area contributed by atoms with Gasteiger partial charge in [-0.3, -0.25) is 4.90 Å². The van der Waals surface area contributed by atoms with E-state index in [0.717, 1.165) is 31.7 Å². The molecule has 0 amide bonds. The third kappa shape index (κ3) is 3.15. The van der Waals surface area contributed by atoms with E-state index in [1.807, 2.05) is 0 Å². The Balaban J connectivity index is 2.33. The zero-order valence-corrected chi connectivity index (χ0v) is 12.2. The van der Waals surface area contributed by atoms with E-state index in [-0.39, 0.29) is 16.8 Å². The van der Waals surface area contributed by atoms with E-state index in [1.54, 1.807) is 12.1 Å². The second kappa shape index (κ2) is 6.80. The lowest BCUT2D eigenvalue weighted by atomic mass is 10.0. The first-order chi connectivity index (χ1) is 9.67. The number of benzene rings is 1. The molecule has 0 saturated carbocycles. The number of aromatic hydroxyl groups is 1. The molecule has 0 aliphatic carbocycles. The van der Waals surface area contributed by atoms with Gasteiger partial charge in [-0.25, -0.2) is 0 Å². The Bertz CT molecular complexity index is 510. The molecule has 1 aromatic rings. The number of nitriles is 1. The maximum absolute atomic E-state index is 9.80. The van der Waals surface area contributed by atoms with Crippen LogP contribution in [0.25, 0.3) is 0 Å². The molecule has 1 aromatic carbocycles. The Labute approximate surface area is 123 Å². The van der Waals surface area contributed by atoms with Gasteiger partial charge in [-0.15, -0.1) is 0 Å². The molecular weight excluding hydrogens is 278 g/mol. The number of hydrogen-bond donors (Lipinski definition) is 2. The lowest BCUT2D eigenvalue weighted by Crippen LogP contribution is -2.45. The van der Waals surface area contributed by atoms with Crippen molar-refractivity contribution < 1.29 is 9.84 Å². The SMILES string of the molecule is COc1cc([C@H](CC#N)N2CCNCC2)cc(Cl)c1O. The summed E-state index contributed by atoms with van der Waals surface area (Å²) in [5.41, 5.74) is 0.896. The van der Waals surface area contributed by atoms with Gasteiger partial charge in [0.15, 0.2) is 11.5 Å². The Kier molecular flexibility index (Phi) is 5.07. The van der Waals surface area contributed by atoms with Gasteiger partial charge in [-0.1, -0.05) is 11.6 Å². The van der Waals surface area contributed by atoms with Gasteiger partial charge in [-0.2, -0.15) is 5.26 Å². The van der Waals surface area contributed by atoms with Gasteiger partial charge in [0.1, 0.15) is 0 Å². The third-order valence-corrected chi connectivity index (χ3v) is 3.82. The van der Waals surface area contributed by atoms with Crippen molar-refractivity contribution in [3.8, 4) is 17.6 Å². The molecule has 1 saturated heterocycles. The molecule has 1 aliphatic rings. The first-order valence-corrected chi connectivity index (χ1v) is 6.93. The molecule has 2 N–H and O–H groups in total. The van der Waals surface area contributed by atoms with Crippen LogP contribution < -0.4 is 10.1 Å². The molecule has 0 unspecified atom stereocenters. The number of methoxy groups -OCH3 is 1. The van der Waals surface area contributed by atoms with Gasteiger partial charge >= 0.3 is 0 Å². The lowest BCUT2D eigenvalue weighted by Gasteiger charge is -2.34. The predicted molar refractivity (Wildman–Crippen MR) is 77.1 cm³/mol. The van der Waals surface area contributed by atoms with Crippen molar-refractivity contribution in [1.29, 1.82) is 5.26 Å². The molecule has 0 aromatic heterocycles. The minimum absolute atomic E-state index is 0.0332. The summed E-state index contributed by atoms with van der Waals surface area (Å²) in [5, 5.41) is 22.4. The van der Waals surface area contributed by atoms with Gasteiger partial charge < -0.3 is 15.2 Å². The van der Waals surface area contributed by atoms with Crippen molar-refractivity contribution in [2.24, 2.45) is 0 Å². The molecule has 1 aliphatic heterocycles. The molecule has 1 atom stereocenters. The Hall–Kier alpha value is -1.48. The summed E-state index contributed by atoms with van der Waals surface area (Å²) in [5.74, 6) is 0.277. The quantitative estimate of drug-likeness (QED) is 0.888. The minimum atomic E-state index is -0.0612. The van der Waals surface area contributed by atoms with Crippen LogP contribution in [0.5, 0.6) is 11.5 Å². The molecule has 0 radical (unpaired) electrons. The van der Waals surface area contributed by atoms with Crippen LogP contribution in [0.1, 0.15) is 18.0 Å². The highest BCUT2D eigenvalue weighted by Gasteiger charge is 2.24. The van der Waals surface area contributed by atoms with Crippen molar-refractivity contribution in [2.75, 3.05) is 33.3 Å². The van der Waals surface area contributed by atoms with Gasteiger partial charge in [0.2, 0.25) is 0 Å². The fourth-order valence-corrected chi connectivity index (χ4v) is 2.70. The Morgan fingerprint density at radius 1 is 1.50 bits per heavy atom. The normalized spacial score (nSPS) is 17.4. The average Bonchev–Trinajstić information content (AvgIpc) is 2.48. The summed E-state index contributed by atoms with van der Waals surface area (Å²) in [6, 6.07) is 5.66. The number of phenolic OH excluding ortho intramolecular Hbond substituents is 1. The zero-order chi connectivity index (χ0) is 14.5. The summed E-state index contributed by atoms with van der Waals surface area (Å²) < 4.78 is 5.13. The molecule has 20 heavy (non-hydrogen) atoms. The van der Waals surface area contributed by atoms with Crippen LogP contribution in [0.4, 0.5) is 0 Å². The topological polar surface area (TPSA) is 68.5 Å². The number of phenols is 1. The van der Waals surface area contributed by atoms with Gasteiger partial charge in [0.25, 0.3) is 0 Å². The maximum Gasteiger partial charge on any atom is 0.176 e. The van der Waals surface area contributed by atoms with Crippen molar-refractivity contribution >= 4 is 11.6 Å². The highest BCUT2D eigenvalue weighted by molar-refractivity contribution is 6.32. The molecule has 5 nitrogen and oxygen atoms in total. The van der Waals surface area contributed by atoms with Crippen LogP contribution in [0, 0.1) is 11.3 Å². The number of hydrogen-bond acceptors (Lipinski definition) is 5. The van der Waals surface area contributed by atoms with E-state index in [2.05, 4.69) is 16.3 Å². The summed E-state index contributed by atoms with van der Waals surface area (Å²) in [4.78, 5) is 2.25. The number of nitrogens with zero attached hydrogens (tertiary/aromatic N) is 2. The van der Waals surface area contributed by atoms with Crippen molar-refractivity contribution in [3.63, 3.8) is 0 Å². The number of halogens is 1. The summed E-state index contributed by atoms with van der Waals surface area (Å²) in [6.45, 7) is 3.58. The highest BCUT2D eigenvalue weighted by Crippen LogP contribution is 2.38. The number of ether oxygens (including phenoxy) is 1. The van der Waals surface area contributed by atoms with E-state index in [1.165, 1.54) is 7.11 Å². The summed E-state index contributed by atoms with van der Waals surface area (Å²) >= 11 is 6.04. The Morgan fingerprint density at radius 2 is 2.20 bits per heavy atom. The largest absolute Gasteiger partial charge is 0.503 e. The lowest BCUT2D eigenvalue weighted by molar-refractivity contribution is 0.175. The van der Waals surface area contributed by atoms with Crippen molar-refractivity contribution in [1.82, 2.24) is 10.2 Å². The number of nitrogens with one attached hydrogen (secondary N) is 1. The van der Waals surface area contributed by atoms with Crippen LogP contribution in [-0.4, -0.2) is 43.3 Å². The summed E-state index contributed by atoms with van der Waals surface area (Å²) in [7, 11) is 1.49. The molecular formula is C14H18ClN3O2. The van der Waals surface area contributed by atoms with E-state index in [4.69, 9.17) is 21.6 Å². The first kappa shape index (κ1) is 14.9. The molecule has 6 heteroatoms. The average molecular weight is 296 g/mol. The van der Waals surface area contributed by atoms with Gasteiger partial charge in [0, 0.05) is 32.2 Å². The second-order valence-electron chi connectivity index (χ2n) is 4.72. The van der Waals surface area contributed by atoms with Crippen molar-refractivity contribution in [2.45, 2.75) is 12.5 Å². The third-order valence-electron chi connectivity index (χ3n) is 3.53. The molecule has 2 rings (SSSR count). The highest BCUT2D eigenvalue weighted by atomic mass is 35.5. The van der Waals surface area contributed by atoms with Crippen LogP contribution in [0.2, 0.25) is 5.02 Å². The maximum atomic E-state index is 9.80. The fourth-order valence-electron chi connectivity index (χ4n) is 2.48. The monoisotopic (exact) mass is 295 g/mol. The zero-order valence-electron chi connectivity index (χ0n) is 11.4. The van der Waals surface area contributed by atoms with Crippen LogP contribution in [-0.2, 0) is 0 Å². The van der Waals surface area contributed by atoms with Crippen LogP contribution in [0.3, 0.4) is 0 Å². The van der Waals surface area contributed by atoms with Gasteiger partial charge in [0.05, 0.1) is 24.6 Å². The van der Waals surface area contributed by atoms with Crippen LogP contribution in [0.15, 0.2) is 12.1 Å². The second-order valence-corrected chi connectivity index (χ2v) is 5.12. The minimum Gasteiger partial charge on any atom is -0.503 e. The van der Waals surface area contributed by atoms with Crippen molar-refractivity contribution in [3.05, 3.63) is 22.7 Å². The van der Waals surface area contributed by atoms with E-state index >= 15 is 0 Å². The van der Waals surface area contributed by atoms with E-state index in [0.29, 0.717) is 12.2 Å². The molecule has 0 bridgehead atoms. The smallest absolute Gasteiger partial charge is 0.176 e. The van der Waals surface area contributed by atoms with E-state index in [9.17, 15) is 5.11 Å². The molecule has 1 fully saturated rings. The Morgan fingerprint density at radius 3 is 2.80 bits per heavy atom. The fraction of sp³-hybridized carbons (Fsp3) is 0.500. The molecule has 1 heterocycles. The predicted octanol–water partition coefficient (Wildman–Crippen LogP) is 1.91.